The first-order valence-corrected chi connectivity index (χ1v) is 9.28. The first-order chi connectivity index (χ1) is 12.8. The molecule has 0 aliphatic carbocycles. The summed E-state index contributed by atoms with van der Waals surface area (Å²) in [5, 5.41) is 17.8. The van der Waals surface area contributed by atoms with Gasteiger partial charge in [-0.2, -0.15) is 0 Å². The summed E-state index contributed by atoms with van der Waals surface area (Å²) in [6, 6.07) is 9.95. The summed E-state index contributed by atoms with van der Waals surface area (Å²) in [6.45, 7) is 5.71. The lowest BCUT2D eigenvalue weighted by Gasteiger charge is -2.35. The molecule has 27 heavy (non-hydrogen) atoms. The van der Waals surface area contributed by atoms with Crippen LogP contribution in [0.5, 0.6) is 0 Å². The number of nitrogens with one attached hydrogen (secondary N) is 5. The maximum Gasteiger partial charge on any atom is 0.321 e. The number of nitrogens with zero attached hydrogens (tertiary/aromatic N) is 1. The van der Waals surface area contributed by atoms with E-state index in [-0.39, 0.29) is 5.96 Å². The summed E-state index contributed by atoms with van der Waals surface area (Å²) in [6.07, 6.45) is 1.91. The maximum atomic E-state index is 11.7. The Bertz CT molecular complexity index is 607. The second-order valence-corrected chi connectivity index (χ2v) is 6.96. The molecule has 0 spiro atoms. The number of hydrogen-bond donors (Lipinski definition) is 5. The fourth-order valence-corrected chi connectivity index (χ4v) is 2.96. The molecule has 0 aliphatic rings. The van der Waals surface area contributed by atoms with Crippen LogP contribution < -0.4 is 21.3 Å². The van der Waals surface area contributed by atoms with Gasteiger partial charge in [0.15, 0.2) is 0 Å². The number of benzene rings is 1. The smallest absolute Gasteiger partial charge is 0.321 e. The van der Waals surface area contributed by atoms with Crippen LogP contribution in [0.25, 0.3) is 0 Å². The molecule has 0 bridgehead atoms. The second-order valence-electron chi connectivity index (χ2n) is 6.96. The molecule has 1 aromatic rings. The molecule has 0 radical (unpaired) electrons. The SMILES string of the molecule is CNCCC[N+](C)(CCCNC(=O)NC(=N)NC(C)=O)Cc1ccccc1. The number of rotatable bonds is 10. The Kier molecular flexibility index (Phi) is 10.1. The molecule has 0 heterocycles. The van der Waals surface area contributed by atoms with Crippen molar-refractivity contribution in [3.63, 3.8) is 0 Å². The van der Waals surface area contributed by atoms with Crippen LogP contribution in [0.15, 0.2) is 30.3 Å². The van der Waals surface area contributed by atoms with Gasteiger partial charge in [0, 0.05) is 38.4 Å². The Morgan fingerprint density at radius 1 is 1.04 bits per heavy atom. The highest BCUT2D eigenvalue weighted by molar-refractivity contribution is 6.02. The molecule has 0 saturated carbocycles. The number of carbonyl (C=O) groups is 2. The minimum atomic E-state index is -0.485. The zero-order valence-corrected chi connectivity index (χ0v) is 16.6. The number of quaternary nitrogens is 1. The maximum absolute atomic E-state index is 11.7. The third-order valence-corrected chi connectivity index (χ3v) is 4.23. The van der Waals surface area contributed by atoms with E-state index in [2.05, 4.69) is 52.6 Å². The lowest BCUT2D eigenvalue weighted by Crippen LogP contribution is -2.48. The molecular formula is C19H33N6O2+. The number of carbonyl (C=O) groups excluding carboxylic acids is 2. The number of urea groups is 1. The van der Waals surface area contributed by atoms with E-state index in [0.29, 0.717) is 6.54 Å². The van der Waals surface area contributed by atoms with Crippen molar-refractivity contribution >= 4 is 17.9 Å². The second kappa shape index (κ2) is 12.0. The normalized spacial score (nSPS) is 12.7. The lowest BCUT2D eigenvalue weighted by atomic mass is 10.1. The summed E-state index contributed by atoms with van der Waals surface area (Å²) >= 11 is 0. The summed E-state index contributed by atoms with van der Waals surface area (Å²) in [7, 11) is 4.21. The molecule has 0 aromatic heterocycles. The van der Waals surface area contributed by atoms with Gasteiger partial charge in [0.25, 0.3) is 0 Å². The molecule has 150 valence electrons. The largest absolute Gasteiger partial charge is 0.338 e. The van der Waals surface area contributed by atoms with Crippen LogP contribution >= 0.6 is 0 Å². The topological polar surface area (TPSA) is 106 Å². The van der Waals surface area contributed by atoms with Crippen molar-refractivity contribution in [2.24, 2.45) is 0 Å². The van der Waals surface area contributed by atoms with Crippen molar-refractivity contribution in [1.82, 2.24) is 21.3 Å². The van der Waals surface area contributed by atoms with Gasteiger partial charge in [-0.05, 0) is 7.05 Å². The van der Waals surface area contributed by atoms with E-state index >= 15 is 0 Å². The van der Waals surface area contributed by atoms with E-state index in [9.17, 15) is 9.59 Å². The monoisotopic (exact) mass is 377 g/mol. The molecule has 0 fully saturated rings. The lowest BCUT2D eigenvalue weighted by molar-refractivity contribution is -0.922. The number of hydrogen-bond acceptors (Lipinski definition) is 4. The predicted molar refractivity (Wildman–Crippen MR) is 107 cm³/mol. The van der Waals surface area contributed by atoms with Crippen LogP contribution in [-0.2, 0) is 11.3 Å². The van der Waals surface area contributed by atoms with Gasteiger partial charge in [-0.3, -0.25) is 20.8 Å². The van der Waals surface area contributed by atoms with Crippen LogP contribution in [-0.4, -0.2) is 62.7 Å². The van der Waals surface area contributed by atoms with Crippen LogP contribution in [0.3, 0.4) is 0 Å². The zero-order valence-electron chi connectivity index (χ0n) is 16.6. The molecule has 1 unspecified atom stereocenters. The van der Waals surface area contributed by atoms with E-state index in [1.807, 2.05) is 13.1 Å². The Morgan fingerprint density at radius 2 is 1.67 bits per heavy atom. The summed E-state index contributed by atoms with van der Waals surface area (Å²) in [4.78, 5) is 22.6. The molecule has 3 amide bonds. The molecule has 5 N–H and O–H groups in total. The van der Waals surface area contributed by atoms with Crippen LogP contribution in [0.4, 0.5) is 4.79 Å². The average molecular weight is 378 g/mol. The van der Waals surface area contributed by atoms with Gasteiger partial charge in [0.1, 0.15) is 6.54 Å². The van der Waals surface area contributed by atoms with E-state index in [0.717, 1.165) is 43.5 Å². The third-order valence-electron chi connectivity index (χ3n) is 4.23. The van der Waals surface area contributed by atoms with Crippen molar-refractivity contribution < 1.29 is 14.1 Å². The van der Waals surface area contributed by atoms with Gasteiger partial charge in [0.05, 0.1) is 20.1 Å². The van der Waals surface area contributed by atoms with E-state index < -0.39 is 11.9 Å². The van der Waals surface area contributed by atoms with Gasteiger partial charge >= 0.3 is 6.03 Å². The minimum absolute atomic E-state index is 0.322. The van der Waals surface area contributed by atoms with Gasteiger partial charge in [-0.15, -0.1) is 0 Å². The average Bonchev–Trinajstić information content (AvgIpc) is 2.59. The molecule has 8 heteroatoms. The highest BCUT2D eigenvalue weighted by Crippen LogP contribution is 2.13. The third kappa shape index (κ3) is 10.3. The van der Waals surface area contributed by atoms with Gasteiger partial charge in [-0.1, -0.05) is 30.3 Å². The van der Waals surface area contributed by atoms with Crippen molar-refractivity contribution in [2.45, 2.75) is 26.3 Å². The highest BCUT2D eigenvalue weighted by atomic mass is 16.2. The van der Waals surface area contributed by atoms with Crippen LogP contribution in [0.1, 0.15) is 25.3 Å². The first-order valence-electron chi connectivity index (χ1n) is 9.28. The highest BCUT2D eigenvalue weighted by Gasteiger charge is 2.21. The predicted octanol–water partition coefficient (Wildman–Crippen LogP) is 1.00. The van der Waals surface area contributed by atoms with Gasteiger partial charge < -0.3 is 15.1 Å². The molecule has 0 saturated heterocycles. The fraction of sp³-hybridized carbons (Fsp3) is 0.526. The summed E-state index contributed by atoms with van der Waals surface area (Å²) in [5.41, 5.74) is 1.30. The molecule has 0 aliphatic heterocycles. The van der Waals surface area contributed by atoms with Gasteiger partial charge in [0.2, 0.25) is 11.9 Å². The van der Waals surface area contributed by atoms with Crippen LogP contribution in [0, 0.1) is 5.41 Å². The van der Waals surface area contributed by atoms with Crippen molar-refractivity contribution in [3.05, 3.63) is 35.9 Å². The first kappa shape index (κ1) is 22.6. The quantitative estimate of drug-likeness (QED) is 0.182. The number of amides is 3. The molecule has 1 atom stereocenters. The fourth-order valence-electron chi connectivity index (χ4n) is 2.96. The Balaban J connectivity index is 2.45. The van der Waals surface area contributed by atoms with E-state index in [4.69, 9.17) is 5.41 Å². The minimum Gasteiger partial charge on any atom is -0.338 e. The Labute approximate surface area is 161 Å². The summed E-state index contributed by atoms with van der Waals surface area (Å²) < 4.78 is 0.900. The molecule has 1 aromatic carbocycles. The van der Waals surface area contributed by atoms with Crippen molar-refractivity contribution in [3.8, 4) is 0 Å². The molecular weight excluding hydrogens is 344 g/mol. The summed E-state index contributed by atoms with van der Waals surface area (Å²) in [5.74, 6) is -0.715. The number of guanidine groups is 1. The molecule has 1 rings (SSSR count). The molecule has 8 nitrogen and oxygen atoms in total. The zero-order chi connectivity index (χ0) is 20.1. The van der Waals surface area contributed by atoms with Gasteiger partial charge in [-0.25, -0.2) is 4.79 Å². The van der Waals surface area contributed by atoms with E-state index in [1.54, 1.807) is 0 Å². The van der Waals surface area contributed by atoms with Crippen molar-refractivity contribution in [1.29, 1.82) is 5.41 Å². The standard InChI is InChI=1S/C19H32N6O2/c1-16(26)23-18(20)24-19(27)22-12-8-14-25(3,13-7-11-21-2)15-17-9-5-4-6-10-17/h4-6,9-10,21H,7-8,11-15H2,1-3H3,(H3-,20,22,23,24,26,27)/p+1. The van der Waals surface area contributed by atoms with Crippen LogP contribution in [0.2, 0.25) is 0 Å². The van der Waals surface area contributed by atoms with E-state index in [1.165, 1.54) is 12.5 Å². The Morgan fingerprint density at radius 3 is 2.26 bits per heavy atom. The Hall–Kier alpha value is -2.45. The van der Waals surface area contributed by atoms with Crippen molar-refractivity contribution in [2.75, 3.05) is 40.3 Å².